The first-order chi connectivity index (χ1) is 17.0. The molecule has 1 heterocycles. The Balaban J connectivity index is 1.26. The summed E-state index contributed by atoms with van der Waals surface area (Å²) in [5, 5.41) is 5.52. The maximum atomic E-state index is 12.6. The van der Waals surface area contributed by atoms with Gasteiger partial charge in [-0.1, -0.05) is 42.0 Å². The third-order valence-corrected chi connectivity index (χ3v) is 6.14. The van der Waals surface area contributed by atoms with E-state index in [1.807, 2.05) is 31.2 Å². The van der Waals surface area contributed by atoms with Gasteiger partial charge in [0.1, 0.15) is 0 Å². The lowest BCUT2D eigenvalue weighted by atomic mass is 10.1. The highest BCUT2D eigenvalue weighted by Gasteiger charge is 2.17. The molecule has 0 aromatic heterocycles. The van der Waals surface area contributed by atoms with Crippen LogP contribution >= 0.6 is 11.8 Å². The summed E-state index contributed by atoms with van der Waals surface area (Å²) in [7, 11) is 0. The average molecular weight is 493 g/mol. The monoisotopic (exact) mass is 492 g/mol. The van der Waals surface area contributed by atoms with Gasteiger partial charge in [-0.3, -0.25) is 9.59 Å². The van der Waals surface area contributed by atoms with Crippen LogP contribution in [0.25, 0.3) is 0 Å². The van der Waals surface area contributed by atoms with E-state index in [9.17, 15) is 14.4 Å². The first-order valence-corrected chi connectivity index (χ1v) is 11.9. The van der Waals surface area contributed by atoms with E-state index in [0.717, 1.165) is 11.1 Å². The average Bonchev–Trinajstić information content (AvgIpc) is 3.34. The smallest absolute Gasteiger partial charge is 0.339 e. The summed E-state index contributed by atoms with van der Waals surface area (Å²) in [6.07, 6.45) is 0. The molecule has 4 rings (SSSR count). The van der Waals surface area contributed by atoms with Gasteiger partial charge in [0.05, 0.1) is 11.3 Å². The lowest BCUT2D eigenvalue weighted by Crippen LogP contribution is -2.28. The van der Waals surface area contributed by atoms with Crippen molar-refractivity contribution in [1.82, 2.24) is 5.32 Å². The van der Waals surface area contributed by atoms with Crippen LogP contribution in [0.3, 0.4) is 0 Å². The summed E-state index contributed by atoms with van der Waals surface area (Å²) in [6, 6.07) is 19.7. The van der Waals surface area contributed by atoms with Gasteiger partial charge in [-0.05, 0) is 36.8 Å². The third kappa shape index (κ3) is 6.77. The molecule has 1 aliphatic rings. The van der Waals surface area contributed by atoms with Gasteiger partial charge in [-0.25, -0.2) is 4.79 Å². The Morgan fingerprint density at radius 3 is 2.54 bits per heavy atom. The van der Waals surface area contributed by atoms with Crippen molar-refractivity contribution in [3.8, 4) is 11.5 Å². The number of anilines is 1. The Hall–Kier alpha value is -3.98. The number of benzene rings is 3. The standard InChI is InChI=1S/C26H24N2O6S/c1-17-6-8-18(9-7-17)13-27-24(29)14-32-26(31)20-4-2-3-5-23(20)35-15-25(30)28-19-10-11-21-22(12-19)34-16-33-21/h2-12H,13-16H2,1H3,(H,27,29)(H,28,30). The molecular formula is C26H24N2O6S. The highest BCUT2D eigenvalue weighted by atomic mass is 32.2. The van der Waals surface area contributed by atoms with E-state index in [2.05, 4.69) is 10.6 Å². The number of carbonyl (C=O) groups excluding carboxylic acids is 3. The number of rotatable bonds is 9. The fourth-order valence-electron chi connectivity index (χ4n) is 3.24. The van der Waals surface area contributed by atoms with E-state index in [4.69, 9.17) is 14.2 Å². The van der Waals surface area contributed by atoms with Gasteiger partial charge in [-0.15, -0.1) is 11.8 Å². The lowest BCUT2D eigenvalue weighted by molar-refractivity contribution is -0.124. The number of fused-ring (bicyclic) bond motifs is 1. The van der Waals surface area contributed by atoms with Crippen LogP contribution in [0.4, 0.5) is 5.69 Å². The molecule has 0 saturated carbocycles. The number of hydrogen-bond acceptors (Lipinski definition) is 7. The number of nitrogens with one attached hydrogen (secondary N) is 2. The zero-order chi connectivity index (χ0) is 24.6. The van der Waals surface area contributed by atoms with Crippen LogP contribution in [0.5, 0.6) is 11.5 Å². The van der Waals surface area contributed by atoms with Crippen molar-refractivity contribution in [2.24, 2.45) is 0 Å². The van der Waals surface area contributed by atoms with Gasteiger partial charge >= 0.3 is 5.97 Å². The van der Waals surface area contributed by atoms with Crippen molar-refractivity contribution >= 4 is 35.2 Å². The highest BCUT2D eigenvalue weighted by molar-refractivity contribution is 8.00. The number of aryl methyl sites for hydroxylation is 1. The summed E-state index contributed by atoms with van der Waals surface area (Å²) in [5.41, 5.74) is 2.97. The van der Waals surface area contributed by atoms with Crippen LogP contribution in [0.1, 0.15) is 21.5 Å². The molecule has 0 bridgehead atoms. The molecule has 0 fully saturated rings. The normalized spacial score (nSPS) is 11.6. The minimum Gasteiger partial charge on any atom is -0.454 e. The van der Waals surface area contributed by atoms with Gasteiger partial charge in [0, 0.05) is 23.2 Å². The van der Waals surface area contributed by atoms with Crippen molar-refractivity contribution in [2.45, 2.75) is 18.4 Å². The molecule has 0 atom stereocenters. The van der Waals surface area contributed by atoms with Gasteiger partial charge in [0.15, 0.2) is 18.1 Å². The summed E-state index contributed by atoms with van der Waals surface area (Å²) >= 11 is 1.20. The van der Waals surface area contributed by atoms with Crippen molar-refractivity contribution < 1.29 is 28.6 Å². The Bertz CT molecular complexity index is 1230. The zero-order valence-corrected chi connectivity index (χ0v) is 19.9. The van der Waals surface area contributed by atoms with E-state index in [-0.39, 0.29) is 18.5 Å². The Morgan fingerprint density at radius 1 is 0.943 bits per heavy atom. The minimum atomic E-state index is -0.630. The van der Waals surface area contributed by atoms with E-state index < -0.39 is 18.5 Å². The molecule has 2 amide bonds. The highest BCUT2D eigenvalue weighted by Crippen LogP contribution is 2.34. The van der Waals surface area contributed by atoms with Gasteiger partial charge in [0.2, 0.25) is 12.7 Å². The van der Waals surface area contributed by atoms with Crippen molar-refractivity contribution in [3.63, 3.8) is 0 Å². The molecule has 35 heavy (non-hydrogen) atoms. The van der Waals surface area contributed by atoms with E-state index >= 15 is 0 Å². The molecule has 3 aromatic rings. The lowest BCUT2D eigenvalue weighted by Gasteiger charge is -2.10. The SMILES string of the molecule is Cc1ccc(CNC(=O)COC(=O)c2ccccc2SCC(=O)Nc2ccc3c(c2)OCO3)cc1. The minimum absolute atomic E-state index is 0.0791. The van der Waals surface area contributed by atoms with Gasteiger partial charge in [-0.2, -0.15) is 0 Å². The van der Waals surface area contributed by atoms with Gasteiger partial charge < -0.3 is 24.8 Å². The zero-order valence-electron chi connectivity index (χ0n) is 19.0. The topological polar surface area (TPSA) is 103 Å². The predicted molar refractivity (Wildman–Crippen MR) is 132 cm³/mol. The second-order valence-corrected chi connectivity index (χ2v) is 8.76. The summed E-state index contributed by atoms with van der Waals surface area (Å²) in [5.74, 6) is 0.0185. The van der Waals surface area contributed by atoms with Crippen LogP contribution in [0.2, 0.25) is 0 Å². The number of esters is 1. The fourth-order valence-corrected chi connectivity index (χ4v) is 4.08. The fraction of sp³-hybridized carbons (Fsp3) is 0.192. The van der Waals surface area contributed by atoms with Crippen LogP contribution < -0.4 is 20.1 Å². The molecular weight excluding hydrogens is 468 g/mol. The van der Waals surface area contributed by atoms with E-state index in [1.165, 1.54) is 11.8 Å². The predicted octanol–water partition coefficient (Wildman–Crippen LogP) is 3.93. The van der Waals surface area contributed by atoms with Crippen molar-refractivity contribution in [1.29, 1.82) is 0 Å². The number of thioether (sulfide) groups is 1. The number of amides is 2. The summed E-state index contributed by atoms with van der Waals surface area (Å²) in [6.45, 7) is 2.10. The molecule has 0 radical (unpaired) electrons. The number of hydrogen-bond donors (Lipinski definition) is 2. The quantitative estimate of drug-likeness (QED) is 0.345. The maximum absolute atomic E-state index is 12.6. The van der Waals surface area contributed by atoms with Crippen LogP contribution in [0.15, 0.2) is 71.6 Å². The Labute approximate surface area is 207 Å². The molecule has 1 aliphatic heterocycles. The molecule has 0 unspecified atom stereocenters. The molecule has 9 heteroatoms. The van der Waals surface area contributed by atoms with Crippen molar-refractivity contribution in [2.75, 3.05) is 24.5 Å². The van der Waals surface area contributed by atoms with E-state index in [0.29, 0.717) is 34.2 Å². The Kier molecular flexibility index (Phi) is 7.89. The third-order valence-electron chi connectivity index (χ3n) is 5.07. The summed E-state index contributed by atoms with van der Waals surface area (Å²) in [4.78, 5) is 37.7. The molecule has 8 nitrogen and oxygen atoms in total. The van der Waals surface area contributed by atoms with E-state index in [1.54, 1.807) is 42.5 Å². The largest absolute Gasteiger partial charge is 0.454 e. The molecule has 3 aromatic carbocycles. The van der Waals surface area contributed by atoms with Crippen LogP contribution in [-0.2, 0) is 20.9 Å². The number of ether oxygens (including phenoxy) is 3. The second kappa shape index (κ2) is 11.4. The maximum Gasteiger partial charge on any atom is 0.339 e. The first-order valence-electron chi connectivity index (χ1n) is 10.9. The molecule has 0 spiro atoms. The van der Waals surface area contributed by atoms with Crippen molar-refractivity contribution in [3.05, 3.63) is 83.4 Å². The molecule has 0 saturated heterocycles. The molecule has 180 valence electrons. The van der Waals surface area contributed by atoms with Crippen LogP contribution in [0, 0.1) is 6.92 Å². The second-order valence-electron chi connectivity index (χ2n) is 7.74. The van der Waals surface area contributed by atoms with Crippen LogP contribution in [-0.4, -0.2) is 36.9 Å². The molecule has 2 N–H and O–H groups in total. The Morgan fingerprint density at radius 2 is 1.71 bits per heavy atom. The van der Waals surface area contributed by atoms with Gasteiger partial charge in [0.25, 0.3) is 5.91 Å². The number of carbonyl (C=O) groups is 3. The summed E-state index contributed by atoms with van der Waals surface area (Å²) < 4.78 is 15.8. The molecule has 0 aliphatic carbocycles. The first kappa shape index (κ1) is 24.2.